The summed E-state index contributed by atoms with van der Waals surface area (Å²) < 4.78 is 105. The van der Waals surface area contributed by atoms with E-state index in [0.717, 1.165) is 36.7 Å². The lowest BCUT2D eigenvalue weighted by Gasteiger charge is -2.13. The summed E-state index contributed by atoms with van der Waals surface area (Å²) in [6.45, 7) is 1.31. The van der Waals surface area contributed by atoms with Crippen LogP contribution in [0, 0.1) is 0 Å². The van der Waals surface area contributed by atoms with Gasteiger partial charge in [0.25, 0.3) is 5.56 Å². The molecule has 0 N–H and O–H groups in total. The molecule has 36 heavy (non-hydrogen) atoms. The molecule has 3 aromatic heterocycles. The zero-order chi connectivity index (χ0) is 26.5. The molecule has 0 fully saturated rings. The summed E-state index contributed by atoms with van der Waals surface area (Å²) in [7, 11) is -4.10. The van der Waals surface area contributed by atoms with E-state index in [4.69, 9.17) is 0 Å². The Morgan fingerprint density at radius 1 is 0.861 bits per heavy atom. The molecule has 0 aliphatic rings. The molecule has 0 saturated heterocycles. The molecule has 1 aromatic carbocycles. The molecule has 0 unspecified atom stereocenters. The number of alkyl halides is 6. The van der Waals surface area contributed by atoms with Gasteiger partial charge in [0.05, 0.1) is 23.1 Å². The molecule has 7 nitrogen and oxygen atoms in total. The number of fused-ring (bicyclic) bond motifs is 1. The van der Waals surface area contributed by atoms with Gasteiger partial charge in [0.1, 0.15) is 10.4 Å². The van der Waals surface area contributed by atoms with Gasteiger partial charge in [-0.05, 0) is 29.8 Å². The Morgan fingerprint density at radius 2 is 1.56 bits per heavy atom. The second-order valence-corrected chi connectivity index (χ2v) is 9.80. The second-order valence-electron chi connectivity index (χ2n) is 7.55. The van der Waals surface area contributed by atoms with Crippen molar-refractivity contribution in [2.45, 2.75) is 24.2 Å². The van der Waals surface area contributed by atoms with E-state index in [2.05, 4.69) is 15.1 Å². The van der Waals surface area contributed by atoms with E-state index in [9.17, 15) is 39.6 Å². The van der Waals surface area contributed by atoms with E-state index < -0.39 is 60.9 Å². The van der Waals surface area contributed by atoms with Crippen molar-refractivity contribution in [2.75, 3.05) is 5.75 Å². The summed E-state index contributed by atoms with van der Waals surface area (Å²) in [4.78, 5) is 20.0. The summed E-state index contributed by atoms with van der Waals surface area (Å²) in [5.74, 6) is -0.912. The molecule has 4 rings (SSSR count). The third-order valence-electron chi connectivity index (χ3n) is 5.22. The number of hydrogen-bond acceptors (Lipinski definition) is 6. The highest BCUT2D eigenvalue weighted by atomic mass is 32.2. The molecule has 0 saturated carbocycles. The molecule has 0 aliphatic heterocycles. The van der Waals surface area contributed by atoms with Crippen molar-refractivity contribution in [3.05, 3.63) is 76.5 Å². The van der Waals surface area contributed by atoms with Crippen LogP contribution in [0.4, 0.5) is 26.3 Å². The van der Waals surface area contributed by atoms with Crippen molar-refractivity contribution in [3.63, 3.8) is 0 Å². The van der Waals surface area contributed by atoms with E-state index >= 15 is 0 Å². The first kappa shape index (κ1) is 25.3. The van der Waals surface area contributed by atoms with Gasteiger partial charge in [-0.1, -0.05) is 19.1 Å². The minimum absolute atomic E-state index is 0.0246. The van der Waals surface area contributed by atoms with E-state index in [1.165, 1.54) is 13.0 Å². The fourth-order valence-corrected chi connectivity index (χ4v) is 4.39. The lowest BCUT2D eigenvalue weighted by molar-refractivity contribution is -0.138. The molecule has 0 atom stereocenters. The fraction of sp³-hybridized carbons (Fsp3) is 0.182. The third kappa shape index (κ3) is 4.67. The Balaban J connectivity index is 1.92. The maximum atomic E-state index is 13.1. The Morgan fingerprint density at radius 3 is 2.19 bits per heavy atom. The van der Waals surface area contributed by atoms with Crippen LogP contribution < -0.4 is 5.56 Å². The predicted octanol–water partition coefficient (Wildman–Crippen LogP) is 4.67. The average Bonchev–Trinajstić information content (AvgIpc) is 2.83. The van der Waals surface area contributed by atoms with Crippen LogP contribution >= 0.6 is 0 Å². The van der Waals surface area contributed by atoms with Crippen molar-refractivity contribution in [2.24, 2.45) is 0 Å². The third-order valence-corrected chi connectivity index (χ3v) is 6.95. The number of rotatable bonds is 4. The van der Waals surface area contributed by atoms with Crippen LogP contribution in [0.5, 0.6) is 0 Å². The number of benzene rings is 1. The van der Waals surface area contributed by atoms with Crippen molar-refractivity contribution < 1.29 is 34.8 Å². The largest absolute Gasteiger partial charge is 0.417 e. The van der Waals surface area contributed by atoms with Crippen molar-refractivity contribution in [1.82, 2.24) is 19.7 Å². The minimum atomic E-state index is -4.71. The van der Waals surface area contributed by atoms with Gasteiger partial charge < -0.3 is 0 Å². The number of pyridine rings is 2. The van der Waals surface area contributed by atoms with Crippen LogP contribution in [0.25, 0.3) is 27.8 Å². The first-order valence-electron chi connectivity index (χ1n) is 10.1. The Labute approximate surface area is 199 Å². The molecule has 0 spiro atoms. The summed E-state index contributed by atoms with van der Waals surface area (Å²) >= 11 is 0. The lowest BCUT2D eigenvalue weighted by atomic mass is 10.0. The normalized spacial score (nSPS) is 12.8. The molecule has 3 heterocycles. The highest BCUT2D eigenvalue weighted by Crippen LogP contribution is 2.33. The topological polar surface area (TPSA) is 94.8 Å². The van der Waals surface area contributed by atoms with Gasteiger partial charge in [0, 0.05) is 23.3 Å². The van der Waals surface area contributed by atoms with Crippen LogP contribution in [0.2, 0.25) is 0 Å². The SMILES string of the molecule is CCS(=O)(=O)c1cc(-c2cccc(C(F)(F)F)c2)cnc1-n1ncc2cc(C(F)(F)F)cnc2c1=O. The summed E-state index contributed by atoms with van der Waals surface area (Å²) in [6.07, 6.45) is -6.91. The fourth-order valence-electron chi connectivity index (χ4n) is 3.35. The molecular formula is C22H14F6N4O3S. The van der Waals surface area contributed by atoms with Crippen LogP contribution in [-0.2, 0) is 22.2 Å². The molecule has 0 amide bonds. The van der Waals surface area contributed by atoms with Crippen LogP contribution in [0.15, 0.2) is 64.7 Å². The smallest absolute Gasteiger partial charge is 0.265 e. The van der Waals surface area contributed by atoms with Crippen molar-refractivity contribution in [3.8, 4) is 16.9 Å². The highest BCUT2D eigenvalue weighted by molar-refractivity contribution is 7.91. The van der Waals surface area contributed by atoms with E-state index in [0.29, 0.717) is 16.9 Å². The van der Waals surface area contributed by atoms with Crippen molar-refractivity contribution in [1.29, 1.82) is 0 Å². The monoisotopic (exact) mass is 528 g/mol. The van der Waals surface area contributed by atoms with Crippen molar-refractivity contribution >= 4 is 20.7 Å². The van der Waals surface area contributed by atoms with Crippen LogP contribution in [0.1, 0.15) is 18.1 Å². The van der Waals surface area contributed by atoms with E-state index in [1.807, 2.05) is 0 Å². The lowest BCUT2D eigenvalue weighted by Crippen LogP contribution is -2.25. The van der Waals surface area contributed by atoms with E-state index in [-0.39, 0.29) is 16.5 Å². The van der Waals surface area contributed by atoms with E-state index in [1.54, 1.807) is 0 Å². The molecule has 4 aromatic rings. The van der Waals surface area contributed by atoms with Gasteiger partial charge >= 0.3 is 12.4 Å². The number of halogens is 6. The number of nitrogens with zero attached hydrogens (tertiary/aromatic N) is 4. The van der Waals surface area contributed by atoms with Crippen LogP contribution in [-0.4, -0.2) is 33.9 Å². The molecule has 188 valence electrons. The standard InChI is InChI=1S/C22H14F6N4O3S/c1-2-36(34,35)17-8-13(12-4-3-5-15(6-12)21(23,24)25)9-30-19(17)32-20(33)18-14(10-31-32)7-16(11-29-18)22(26,27)28/h3-11H,2H2,1H3. The van der Waals surface area contributed by atoms with Gasteiger partial charge in [-0.15, -0.1) is 0 Å². The zero-order valence-electron chi connectivity index (χ0n) is 18.1. The maximum Gasteiger partial charge on any atom is 0.417 e. The molecule has 0 aliphatic carbocycles. The summed E-state index contributed by atoms with van der Waals surface area (Å²) in [5.41, 5.74) is -3.46. The molecule has 14 heteroatoms. The quantitative estimate of drug-likeness (QED) is 0.357. The Hall–Kier alpha value is -3.81. The molecule has 0 bridgehead atoms. The predicted molar refractivity (Wildman–Crippen MR) is 116 cm³/mol. The van der Waals surface area contributed by atoms with Crippen LogP contribution in [0.3, 0.4) is 0 Å². The first-order chi connectivity index (χ1) is 16.7. The van der Waals surface area contributed by atoms with Gasteiger partial charge in [0.2, 0.25) is 0 Å². The number of hydrogen-bond donors (Lipinski definition) is 0. The molecule has 0 radical (unpaired) electrons. The Kier molecular flexibility index (Phi) is 6.11. The Bertz CT molecular complexity index is 1650. The van der Waals surface area contributed by atoms with Gasteiger partial charge in [-0.2, -0.15) is 36.1 Å². The van der Waals surface area contributed by atoms with Gasteiger partial charge in [0.15, 0.2) is 15.7 Å². The summed E-state index contributed by atoms with van der Waals surface area (Å²) in [6, 6.07) is 5.89. The first-order valence-corrected chi connectivity index (χ1v) is 11.7. The summed E-state index contributed by atoms with van der Waals surface area (Å²) in [5, 5.41) is 3.55. The second kappa shape index (κ2) is 8.69. The van der Waals surface area contributed by atoms with Gasteiger partial charge in [-0.25, -0.2) is 18.4 Å². The average molecular weight is 528 g/mol. The number of aromatic nitrogens is 4. The maximum absolute atomic E-state index is 13.1. The highest BCUT2D eigenvalue weighted by Gasteiger charge is 2.32. The molecular weight excluding hydrogens is 514 g/mol. The zero-order valence-corrected chi connectivity index (χ0v) is 18.9. The number of sulfone groups is 1. The minimum Gasteiger partial charge on any atom is -0.265 e. The van der Waals surface area contributed by atoms with Gasteiger partial charge in [-0.3, -0.25) is 4.79 Å².